The van der Waals surface area contributed by atoms with Crippen LogP contribution in [0.3, 0.4) is 0 Å². The van der Waals surface area contributed by atoms with E-state index < -0.39 is 9.05 Å². The number of benzene rings is 1. The Morgan fingerprint density at radius 2 is 1.85 bits per heavy atom. The number of aryl methyl sites for hydroxylation is 2. The maximum Gasteiger partial charge on any atom is 0.265 e. The van der Waals surface area contributed by atoms with Gasteiger partial charge in [0.25, 0.3) is 9.05 Å². The van der Waals surface area contributed by atoms with Gasteiger partial charge in [-0.25, -0.2) is 8.42 Å². The van der Waals surface area contributed by atoms with E-state index in [0.717, 1.165) is 24.0 Å². The zero-order valence-electron chi connectivity index (χ0n) is 12.0. The quantitative estimate of drug-likeness (QED) is 0.782. The van der Waals surface area contributed by atoms with Gasteiger partial charge in [0.05, 0.1) is 6.61 Å². The van der Waals surface area contributed by atoms with Crippen LogP contribution in [0.15, 0.2) is 17.0 Å². The molecule has 1 aromatic rings. The molecule has 0 N–H and O–H groups in total. The number of ether oxygens (including phenoxy) is 1. The van der Waals surface area contributed by atoms with E-state index in [9.17, 15) is 8.42 Å². The molecular weight excluding hydrogens is 296 g/mol. The van der Waals surface area contributed by atoms with Crippen LogP contribution in [-0.2, 0) is 9.05 Å². The summed E-state index contributed by atoms with van der Waals surface area (Å²) >= 11 is 0. The fourth-order valence-corrected chi connectivity index (χ4v) is 3.95. The van der Waals surface area contributed by atoms with Crippen LogP contribution in [0.5, 0.6) is 5.75 Å². The summed E-state index contributed by atoms with van der Waals surface area (Å²) in [7, 11) is 1.74. The van der Waals surface area contributed by atoms with Crippen LogP contribution in [-0.4, -0.2) is 15.0 Å². The predicted octanol–water partition coefficient (Wildman–Crippen LogP) is 4.19. The SMILES string of the molecule is Cc1cc(C)c(OCC2CCCCC2)c(S(=O)(=O)Cl)c1. The number of rotatable bonds is 4. The van der Waals surface area contributed by atoms with Gasteiger partial charge in [-0.2, -0.15) is 0 Å². The van der Waals surface area contributed by atoms with Crippen molar-refractivity contribution >= 4 is 19.7 Å². The molecular formula is C15H21ClO3S. The Bertz CT molecular complexity index is 575. The summed E-state index contributed by atoms with van der Waals surface area (Å²) in [4.78, 5) is 0.0903. The standard InChI is InChI=1S/C15H21ClO3S/c1-11-8-12(2)15(14(9-11)20(16,17)18)19-10-13-6-4-3-5-7-13/h8-9,13H,3-7,10H2,1-2H3. The minimum absolute atomic E-state index is 0.0903. The van der Waals surface area contributed by atoms with Gasteiger partial charge in [0.15, 0.2) is 0 Å². The van der Waals surface area contributed by atoms with Gasteiger partial charge in [-0.3, -0.25) is 0 Å². The second-order valence-electron chi connectivity index (χ2n) is 5.66. The molecule has 2 rings (SSSR count). The zero-order valence-corrected chi connectivity index (χ0v) is 13.6. The normalized spacial score (nSPS) is 17.1. The third-order valence-electron chi connectivity index (χ3n) is 3.84. The lowest BCUT2D eigenvalue weighted by atomic mass is 9.90. The predicted molar refractivity (Wildman–Crippen MR) is 81.0 cm³/mol. The summed E-state index contributed by atoms with van der Waals surface area (Å²) in [6.07, 6.45) is 6.09. The number of halogens is 1. The van der Waals surface area contributed by atoms with E-state index in [4.69, 9.17) is 15.4 Å². The molecule has 1 aliphatic carbocycles. The van der Waals surface area contributed by atoms with Crippen molar-refractivity contribution < 1.29 is 13.2 Å². The van der Waals surface area contributed by atoms with Crippen LogP contribution in [0.4, 0.5) is 0 Å². The lowest BCUT2D eigenvalue weighted by Crippen LogP contribution is -2.16. The molecule has 112 valence electrons. The molecule has 0 saturated heterocycles. The molecule has 5 heteroatoms. The van der Waals surface area contributed by atoms with Crippen molar-refractivity contribution in [3.8, 4) is 5.75 Å². The molecule has 1 aliphatic rings. The molecule has 0 heterocycles. The van der Waals surface area contributed by atoms with Crippen LogP contribution in [0.1, 0.15) is 43.2 Å². The number of hydrogen-bond donors (Lipinski definition) is 0. The molecule has 0 radical (unpaired) electrons. The van der Waals surface area contributed by atoms with Crippen LogP contribution < -0.4 is 4.74 Å². The maximum atomic E-state index is 11.7. The summed E-state index contributed by atoms with van der Waals surface area (Å²) < 4.78 is 29.2. The Hall–Kier alpha value is -0.740. The highest BCUT2D eigenvalue weighted by Crippen LogP contribution is 2.33. The molecule has 0 spiro atoms. The second-order valence-corrected chi connectivity index (χ2v) is 8.20. The summed E-state index contributed by atoms with van der Waals surface area (Å²) in [5, 5.41) is 0. The van der Waals surface area contributed by atoms with Crippen molar-refractivity contribution in [2.24, 2.45) is 5.92 Å². The van der Waals surface area contributed by atoms with Crippen molar-refractivity contribution in [1.82, 2.24) is 0 Å². The molecule has 1 fully saturated rings. The van der Waals surface area contributed by atoms with Crippen molar-refractivity contribution in [2.75, 3.05) is 6.61 Å². The average molecular weight is 317 g/mol. The number of hydrogen-bond acceptors (Lipinski definition) is 3. The topological polar surface area (TPSA) is 43.4 Å². The van der Waals surface area contributed by atoms with Gasteiger partial charge < -0.3 is 4.74 Å². The highest BCUT2D eigenvalue weighted by molar-refractivity contribution is 8.13. The summed E-state index contributed by atoms with van der Waals surface area (Å²) in [6, 6.07) is 3.49. The van der Waals surface area contributed by atoms with Crippen LogP contribution in [0.25, 0.3) is 0 Å². The molecule has 20 heavy (non-hydrogen) atoms. The molecule has 0 bridgehead atoms. The Kier molecular flexibility index (Phi) is 4.97. The first-order chi connectivity index (χ1) is 9.38. The smallest absolute Gasteiger partial charge is 0.265 e. The molecule has 3 nitrogen and oxygen atoms in total. The fraction of sp³-hybridized carbons (Fsp3) is 0.600. The maximum absolute atomic E-state index is 11.7. The molecule has 0 aromatic heterocycles. The third-order valence-corrected chi connectivity index (χ3v) is 5.16. The van der Waals surface area contributed by atoms with Crippen molar-refractivity contribution in [1.29, 1.82) is 0 Å². The molecule has 0 amide bonds. The highest BCUT2D eigenvalue weighted by atomic mass is 35.7. The lowest BCUT2D eigenvalue weighted by Gasteiger charge is -2.23. The average Bonchev–Trinajstić information content (AvgIpc) is 2.37. The first-order valence-electron chi connectivity index (χ1n) is 7.06. The lowest BCUT2D eigenvalue weighted by molar-refractivity contribution is 0.204. The Morgan fingerprint density at radius 1 is 1.20 bits per heavy atom. The van der Waals surface area contributed by atoms with Gasteiger partial charge in [0, 0.05) is 10.7 Å². The van der Waals surface area contributed by atoms with E-state index in [1.165, 1.54) is 19.3 Å². The van der Waals surface area contributed by atoms with E-state index >= 15 is 0 Å². The van der Waals surface area contributed by atoms with Crippen LogP contribution >= 0.6 is 10.7 Å². The highest BCUT2D eigenvalue weighted by Gasteiger charge is 2.21. The van der Waals surface area contributed by atoms with E-state index in [1.54, 1.807) is 6.07 Å². The van der Waals surface area contributed by atoms with E-state index in [2.05, 4.69) is 0 Å². The fourth-order valence-electron chi connectivity index (χ4n) is 2.84. The Labute approximate surface area is 125 Å². The Balaban J connectivity index is 2.21. The minimum Gasteiger partial charge on any atom is -0.492 e. The first-order valence-corrected chi connectivity index (χ1v) is 9.37. The van der Waals surface area contributed by atoms with Gasteiger partial charge in [-0.15, -0.1) is 0 Å². The minimum atomic E-state index is -3.78. The van der Waals surface area contributed by atoms with Gasteiger partial charge >= 0.3 is 0 Å². The molecule has 0 aliphatic heterocycles. The van der Waals surface area contributed by atoms with E-state index in [-0.39, 0.29) is 4.90 Å². The Morgan fingerprint density at radius 3 is 2.45 bits per heavy atom. The summed E-state index contributed by atoms with van der Waals surface area (Å²) in [6.45, 7) is 4.28. The third kappa shape index (κ3) is 3.89. The van der Waals surface area contributed by atoms with Crippen LogP contribution in [0.2, 0.25) is 0 Å². The summed E-state index contributed by atoms with van der Waals surface area (Å²) in [5.74, 6) is 0.937. The molecule has 1 saturated carbocycles. The molecule has 0 atom stereocenters. The van der Waals surface area contributed by atoms with Gasteiger partial charge in [-0.1, -0.05) is 25.3 Å². The monoisotopic (exact) mass is 316 g/mol. The van der Waals surface area contributed by atoms with Crippen molar-refractivity contribution in [3.05, 3.63) is 23.3 Å². The summed E-state index contributed by atoms with van der Waals surface area (Å²) in [5.41, 5.74) is 1.69. The van der Waals surface area contributed by atoms with Gasteiger partial charge in [0.2, 0.25) is 0 Å². The first kappa shape index (κ1) is 15.6. The van der Waals surface area contributed by atoms with E-state index in [1.807, 2.05) is 19.9 Å². The van der Waals surface area contributed by atoms with Gasteiger partial charge in [-0.05, 0) is 49.8 Å². The zero-order chi connectivity index (χ0) is 14.8. The van der Waals surface area contributed by atoms with Crippen molar-refractivity contribution in [3.63, 3.8) is 0 Å². The second kappa shape index (κ2) is 6.35. The van der Waals surface area contributed by atoms with Crippen LogP contribution in [0, 0.1) is 19.8 Å². The van der Waals surface area contributed by atoms with Gasteiger partial charge in [0.1, 0.15) is 10.6 Å². The largest absolute Gasteiger partial charge is 0.492 e. The van der Waals surface area contributed by atoms with Crippen molar-refractivity contribution in [2.45, 2.75) is 50.8 Å². The molecule has 1 aromatic carbocycles. The van der Waals surface area contributed by atoms with E-state index in [0.29, 0.717) is 18.3 Å². The molecule has 0 unspecified atom stereocenters.